The van der Waals surface area contributed by atoms with E-state index in [1.807, 2.05) is 17.0 Å². The Morgan fingerprint density at radius 1 is 0.943 bits per heavy atom. The molecule has 3 aromatic carbocycles. The molecule has 2 heterocycles. The third-order valence-corrected chi connectivity index (χ3v) is 9.13. The van der Waals surface area contributed by atoms with Crippen molar-refractivity contribution in [3.63, 3.8) is 0 Å². The SMILES string of the molecule is Cc1ccc2nc(N3CCN(C(=O)c4ccc(S(=O)(=O)N(C)c5ccccc5)cc4)CC3)sc2c1. The van der Waals surface area contributed by atoms with Crippen molar-refractivity contribution in [3.8, 4) is 0 Å². The topological polar surface area (TPSA) is 73.8 Å². The van der Waals surface area contributed by atoms with Crippen molar-refractivity contribution >= 4 is 48.3 Å². The van der Waals surface area contributed by atoms with Crippen LogP contribution in [-0.2, 0) is 10.0 Å². The maximum atomic E-state index is 13.1. The normalized spacial score (nSPS) is 14.3. The Morgan fingerprint density at radius 2 is 1.63 bits per heavy atom. The van der Waals surface area contributed by atoms with Gasteiger partial charge in [-0.05, 0) is 61.0 Å². The number of sulfonamides is 1. The highest BCUT2D eigenvalue weighted by Crippen LogP contribution is 2.30. The number of benzene rings is 3. The molecule has 0 bridgehead atoms. The molecule has 7 nitrogen and oxygen atoms in total. The lowest BCUT2D eigenvalue weighted by Crippen LogP contribution is -2.48. The Hall–Kier alpha value is -3.43. The number of aryl methyl sites for hydroxylation is 1. The van der Waals surface area contributed by atoms with Crippen LogP contribution in [0.1, 0.15) is 15.9 Å². The van der Waals surface area contributed by atoms with Crippen LogP contribution in [0.15, 0.2) is 77.7 Å². The lowest BCUT2D eigenvalue weighted by Gasteiger charge is -2.34. The number of piperazine rings is 1. The molecule has 0 saturated carbocycles. The molecule has 5 rings (SSSR count). The van der Waals surface area contributed by atoms with Gasteiger partial charge in [0.1, 0.15) is 0 Å². The summed E-state index contributed by atoms with van der Waals surface area (Å²) in [5.41, 5.74) is 3.28. The smallest absolute Gasteiger partial charge is 0.264 e. The molecule has 1 aromatic heterocycles. The number of para-hydroxylation sites is 1. The van der Waals surface area contributed by atoms with Crippen molar-refractivity contribution in [2.45, 2.75) is 11.8 Å². The average Bonchev–Trinajstić information content (AvgIpc) is 3.32. The second-order valence-corrected chi connectivity index (χ2v) is 11.6. The van der Waals surface area contributed by atoms with Gasteiger partial charge in [-0.25, -0.2) is 13.4 Å². The Bertz CT molecular complexity index is 1460. The summed E-state index contributed by atoms with van der Waals surface area (Å²) >= 11 is 1.68. The Labute approximate surface area is 209 Å². The Balaban J connectivity index is 1.25. The minimum Gasteiger partial charge on any atom is -0.345 e. The largest absolute Gasteiger partial charge is 0.345 e. The molecule has 35 heavy (non-hydrogen) atoms. The first-order valence-corrected chi connectivity index (χ1v) is 13.6. The number of anilines is 2. The first-order chi connectivity index (χ1) is 16.8. The summed E-state index contributed by atoms with van der Waals surface area (Å²) in [7, 11) is -2.19. The zero-order valence-corrected chi connectivity index (χ0v) is 21.2. The summed E-state index contributed by atoms with van der Waals surface area (Å²) in [5.74, 6) is -0.0927. The highest BCUT2D eigenvalue weighted by atomic mass is 32.2. The third kappa shape index (κ3) is 4.61. The van der Waals surface area contributed by atoms with Crippen LogP contribution in [0, 0.1) is 6.92 Å². The van der Waals surface area contributed by atoms with Crippen LogP contribution in [-0.4, -0.2) is 57.4 Å². The molecule has 180 valence electrons. The number of thiazole rings is 1. The maximum Gasteiger partial charge on any atom is 0.264 e. The average molecular weight is 507 g/mol. The zero-order chi connectivity index (χ0) is 24.6. The molecule has 0 unspecified atom stereocenters. The van der Waals surface area contributed by atoms with E-state index in [0.29, 0.717) is 37.4 Å². The summed E-state index contributed by atoms with van der Waals surface area (Å²) in [6.45, 7) is 4.67. The van der Waals surface area contributed by atoms with Gasteiger partial charge in [-0.1, -0.05) is 35.6 Å². The fraction of sp³-hybridized carbons (Fsp3) is 0.231. The summed E-state index contributed by atoms with van der Waals surface area (Å²) in [6, 6.07) is 21.4. The van der Waals surface area contributed by atoms with Gasteiger partial charge in [0.2, 0.25) is 0 Å². The number of hydrogen-bond acceptors (Lipinski definition) is 6. The minimum absolute atomic E-state index is 0.0927. The standard InChI is InChI=1S/C26H26N4O3S2/c1-19-8-13-23-24(18-19)34-26(27-23)30-16-14-29(15-17-30)25(31)20-9-11-22(12-10-20)35(32,33)28(2)21-6-4-3-5-7-21/h3-13,18H,14-17H2,1-2H3. The van der Waals surface area contributed by atoms with E-state index in [0.717, 1.165) is 10.6 Å². The second kappa shape index (κ2) is 9.31. The van der Waals surface area contributed by atoms with Gasteiger partial charge in [0.15, 0.2) is 5.13 Å². The molecule has 1 amide bonds. The van der Waals surface area contributed by atoms with E-state index in [2.05, 4.69) is 24.0 Å². The molecule has 0 aliphatic carbocycles. The molecule has 1 aliphatic rings. The highest BCUT2D eigenvalue weighted by molar-refractivity contribution is 7.92. The van der Waals surface area contributed by atoms with E-state index in [4.69, 9.17) is 4.98 Å². The minimum atomic E-state index is -3.72. The first kappa shape index (κ1) is 23.3. The predicted octanol–water partition coefficient (Wildman–Crippen LogP) is 4.39. The summed E-state index contributed by atoms with van der Waals surface area (Å²) in [4.78, 5) is 22.0. The Kier molecular flexibility index (Phi) is 6.21. The lowest BCUT2D eigenvalue weighted by atomic mass is 10.2. The maximum absolute atomic E-state index is 13.1. The molecular formula is C26H26N4O3S2. The molecule has 1 fully saturated rings. The molecule has 0 radical (unpaired) electrons. The molecular weight excluding hydrogens is 480 g/mol. The van der Waals surface area contributed by atoms with Gasteiger partial charge in [-0.3, -0.25) is 9.10 Å². The van der Waals surface area contributed by atoms with E-state index in [-0.39, 0.29) is 10.8 Å². The van der Waals surface area contributed by atoms with Crippen molar-refractivity contribution in [2.24, 2.45) is 0 Å². The summed E-state index contributed by atoms with van der Waals surface area (Å²) in [6.07, 6.45) is 0. The van der Waals surface area contributed by atoms with Crippen molar-refractivity contribution < 1.29 is 13.2 Å². The van der Waals surface area contributed by atoms with Crippen LogP contribution in [0.3, 0.4) is 0 Å². The molecule has 1 aliphatic heterocycles. The van der Waals surface area contributed by atoms with E-state index in [1.54, 1.807) is 47.7 Å². The van der Waals surface area contributed by atoms with Crippen molar-refractivity contribution in [3.05, 3.63) is 83.9 Å². The van der Waals surface area contributed by atoms with Crippen LogP contribution in [0.5, 0.6) is 0 Å². The number of rotatable bonds is 5. The number of carbonyl (C=O) groups excluding carboxylic acids is 1. The van der Waals surface area contributed by atoms with Crippen LogP contribution < -0.4 is 9.21 Å². The zero-order valence-electron chi connectivity index (χ0n) is 19.6. The van der Waals surface area contributed by atoms with E-state index in [9.17, 15) is 13.2 Å². The van der Waals surface area contributed by atoms with Gasteiger partial charge >= 0.3 is 0 Å². The second-order valence-electron chi connectivity index (χ2n) is 8.58. The van der Waals surface area contributed by atoms with Gasteiger partial charge in [0, 0.05) is 38.8 Å². The van der Waals surface area contributed by atoms with Crippen LogP contribution in [0.4, 0.5) is 10.8 Å². The molecule has 0 N–H and O–H groups in total. The first-order valence-electron chi connectivity index (χ1n) is 11.4. The van der Waals surface area contributed by atoms with Crippen molar-refractivity contribution in [1.29, 1.82) is 0 Å². The fourth-order valence-electron chi connectivity index (χ4n) is 4.14. The number of aromatic nitrogens is 1. The summed E-state index contributed by atoms with van der Waals surface area (Å²) < 4.78 is 28.4. The van der Waals surface area contributed by atoms with Gasteiger partial charge < -0.3 is 9.80 Å². The van der Waals surface area contributed by atoms with Crippen LogP contribution in [0.25, 0.3) is 10.2 Å². The van der Waals surface area contributed by atoms with Gasteiger partial charge in [-0.2, -0.15) is 0 Å². The van der Waals surface area contributed by atoms with E-state index in [1.165, 1.54) is 33.7 Å². The van der Waals surface area contributed by atoms with Gasteiger partial charge in [0.05, 0.1) is 20.8 Å². The van der Waals surface area contributed by atoms with Gasteiger partial charge in [-0.15, -0.1) is 0 Å². The predicted molar refractivity (Wildman–Crippen MR) is 141 cm³/mol. The number of nitrogens with zero attached hydrogens (tertiary/aromatic N) is 4. The molecule has 4 aromatic rings. The molecule has 9 heteroatoms. The monoisotopic (exact) mass is 506 g/mol. The highest BCUT2D eigenvalue weighted by Gasteiger charge is 2.25. The number of hydrogen-bond donors (Lipinski definition) is 0. The summed E-state index contributed by atoms with van der Waals surface area (Å²) in [5, 5.41) is 0.981. The van der Waals surface area contributed by atoms with E-state index < -0.39 is 10.0 Å². The molecule has 0 spiro atoms. The van der Waals surface area contributed by atoms with Gasteiger partial charge in [0.25, 0.3) is 15.9 Å². The lowest BCUT2D eigenvalue weighted by molar-refractivity contribution is 0.0746. The number of amides is 1. The van der Waals surface area contributed by atoms with Crippen molar-refractivity contribution in [1.82, 2.24) is 9.88 Å². The number of carbonyl (C=O) groups is 1. The molecule has 0 atom stereocenters. The fourth-order valence-corrected chi connectivity index (χ4v) is 6.45. The third-order valence-electron chi connectivity index (χ3n) is 6.25. The number of fused-ring (bicyclic) bond motifs is 1. The van der Waals surface area contributed by atoms with Crippen LogP contribution >= 0.6 is 11.3 Å². The van der Waals surface area contributed by atoms with Crippen molar-refractivity contribution in [2.75, 3.05) is 42.4 Å². The Morgan fingerprint density at radius 3 is 2.31 bits per heavy atom. The quantitative estimate of drug-likeness (QED) is 0.401. The molecule has 1 saturated heterocycles. The van der Waals surface area contributed by atoms with E-state index >= 15 is 0 Å². The van der Waals surface area contributed by atoms with Crippen LogP contribution in [0.2, 0.25) is 0 Å².